The van der Waals surface area contributed by atoms with Crippen molar-refractivity contribution in [3.8, 4) is 11.1 Å². The maximum Gasteiger partial charge on any atom is 0.352 e. The van der Waals surface area contributed by atoms with Crippen molar-refractivity contribution in [2.45, 2.75) is 24.7 Å². The second kappa shape index (κ2) is 9.16. The molecule has 164 valence electrons. The highest BCUT2D eigenvalue weighted by Crippen LogP contribution is 2.34. The molecule has 0 saturated carbocycles. The molecule has 0 aliphatic rings. The number of thioether (sulfide) groups is 1. The van der Waals surface area contributed by atoms with E-state index in [-0.39, 0.29) is 0 Å². The van der Waals surface area contributed by atoms with Crippen molar-refractivity contribution >= 4 is 39.4 Å². The molecule has 0 aliphatic heterocycles. The van der Waals surface area contributed by atoms with E-state index in [1.165, 1.54) is 21.2 Å². The third-order valence-electron chi connectivity index (χ3n) is 6.17. The van der Waals surface area contributed by atoms with E-state index in [0.717, 1.165) is 46.2 Å². The lowest BCUT2D eigenvalue weighted by atomic mass is 9.97. The number of aromatic nitrogens is 1. The van der Waals surface area contributed by atoms with Crippen LogP contribution in [0.25, 0.3) is 32.8 Å². The number of aromatic amines is 1. The number of aryl methyl sites for hydroxylation is 2. The second-order valence-electron chi connectivity index (χ2n) is 8.26. The zero-order valence-electron chi connectivity index (χ0n) is 18.5. The first-order valence-corrected chi connectivity index (χ1v) is 12.2. The summed E-state index contributed by atoms with van der Waals surface area (Å²) in [4.78, 5) is 16.6. The highest BCUT2D eigenvalue weighted by Gasteiger charge is 2.19. The Kier molecular flexibility index (Phi) is 5.93. The quantitative estimate of drug-likeness (QED) is 0.197. The predicted molar refractivity (Wildman–Crippen MR) is 138 cm³/mol. The largest absolute Gasteiger partial charge is 0.477 e. The number of H-pyrrole nitrogens is 1. The minimum Gasteiger partial charge on any atom is -0.477 e. The zero-order chi connectivity index (χ0) is 22.8. The van der Waals surface area contributed by atoms with E-state index >= 15 is 0 Å². The van der Waals surface area contributed by atoms with Crippen LogP contribution in [-0.2, 0) is 6.42 Å². The maximum atomic E-state index is 12.1. The van der Waals surface area contributed by atoms with Gasteiger partial charge in [0.15, 0.2) is 0 Å². The first kappa shape index (κ1) is 21.4. The van der Waals surface area contributed by atoms with Crippen LogP contribution in [0.15, 0.2) is 89.8 Å². The van der Waals surface area contributed by atoms with E-state index in [9.17, 15) is 9.90 Å². The molecule has 3 nitrogen and oxygen atoms in total. The Bertz CT molecular complexity index is 1460. The topological polar surface area (TPSA) is 53.1 Å². The average Bonchev–Trinajstić information content (AvgIpc) is 3.21. The molecule has 0 bridgehead atoms. The van der Waals surface area contributed by atoms with Crippen LogP contribution in [0, 0.1) is 6.92 Å². The molecule has 4 aromatic carbocycles. The molecule has 4 heteroatoms. The summed E-state index contributed by atoms with van der Waals surface area (Å²) in [6, 6.07) is 29.2. The Balaban J connectivity index is 1.42. The number of hydrogen-bond acceptors (Lipinski definition) is 2. The minimum atomic E-state index is -0.904. The van der Waals surface area contributed by atoms with E-state index in [1.807, 2.05) is 36.0 Å². The van der Waals surface area contributed by atoms with Crippen molar-refractivity contribution in [2.75, 3.05) is 5.75 Å². The van der Waals surface area contributed by atoms with Gasteiger partial charge in [0.25, 0.3) is 0 Å². The molecule has 0 saturated heterocycles. The van der Waals surface area contributed by atoms with E-state index in [4.69, 9.17) is 0 Å². The van der Waals surface area contributed by atoms with Gasteiger partial charge < -0.3 is 10.1 Å². The lowest BCUT2D eigenvalue weighted by Gasteiger charge is -2.08. The molecule has 1 heterocycles. The normalized spacial score (nSPS) is 11.3. The summed E-state index contributed by atoms with van der Waals surface area (Å²) in [5.41, 5.74) is 5.45. The number of hydrogen-bond donors (Lipinski definition) is 2. The minimum absolute atomic E-state index is 0.307. The third kappa shape index (κ3) is 4.14. The highest BCUT2D eigenvalue weighted by atomic mass is 32.2. The number of benzene rings is 4. The number of carbonyl (C=O) groups is 1. The van der Waals surface area contributed by atoms with Gasteiger partial charge in [-0.25, -0.2) is 4.79 Å². The molecule has 0 aliphatic carbocycles. The summed E-state index contributed by atoms with van der Waals surface area (Å²) in [6.45, 7) is 2.08. The average molecular weight is 452 g/mol. The molecule has 2 N–H and O–H groups in total. The van der Waals surface area contributed by atoms with Crippen LogP contribution in [0.4, 0.5) is 0 Å². The molecule has 1 aromatic heterocycles. The first-order valence-electron chi connectivity index (χ1n) is 11.2. The van der Waals surface area contributed by atoms with Gasteiger partial charge in [0.2, 0.25) is 0 Å². The van der Waals surface area contributed by atoms with E-state index in [1.54, 1.807) is 0 Å². The van der Waals surface area contributed by atoms with Crippen LogP contribution in [0.1, 0.15) is 28.0 Å². The SMILES string of the molecule is Cc1ccccc1-c1cccc2c(CCCSc3cccc4ccccc34)c(C(=O)O)[nH]c12. The summed E-state index contributed by atoms with van der Waals surface area (Å²) >= 11 is 1.84. The Hall–Kier alpha value is -3.50. The van der Waals surface area contributed by atoms with Gasteiger partial charge in [0.1, 0.15) is 5.69 Å². The summed E-state index contributed by atoms with van der Waals surface area (Å²) < 4.78 is 0. The number of nitrogens with one attached hydrogen (secondary N) is 1. The van der Waals surface area contributed by atoms with Crippen molar-refractivity contribution < 1.29 is 9.90 Å². The van der Waals surface area contributed by atoms with Crippen LogP contribution in [0.5, 0.6) is 0 Å². The van der Waals surface area contributed by atoms with Gasteiger partial charge in [-0.3, -0.25) is 0 Å². The van der Waals surface area contributed by atoms with E-state index < -0.39 is 5.97 Å². The van der Waals surface area contributed by atoms with Crippen molar-refractivity contribution in [3.05, 3.63) is 102 Å². The number of carboxylic acids is 1. The summed E-state index contributed by atoms with van der Waals surface area (Å²) in [5.74, 6) is 0.0238. The Morgan fingerprint density at radius 2 is 1.55 bits per heavy atom. The molecule has 5 aromatic rings. The van der Waals surface area contributed by atoms with Gasteiger partial charge in [-0.15, -0.1) is 11.8 Å². The van der Waals surface area contributed by atoms with Gasteiger partial charge in [-0.1, -0.05) is 78.9 Å². The van der Waals surface area contributed by atoms with Crippen LogP contribution in [0.3, 0.4) is 0 Å². The lowest BCUT2D eigenvalue weighted by molar-refractivity contribution is 0.0690. The van der Waals surface area contributed by atoms with E-state index in [0.29, 0.717) is 5.69 Å². The van der Waals surface area contributed by atoms with Crippen LogP contribution in [0.2, 0.25) is 0 Å². The fourth-order valence-corrected chi connectivity index (χ4v) is 5.59. The number of aromatic carboxylic acids is 1. The molecular weight excluding hydrogens is 426 g/mol. The molecule has 0 amide bonds. The molecule has 0 radical (unpaired) electrons. The van der Waals surface area contributed by atoms with Crippen LogP contribution >= 0.6 is 11.8 Å². The van der Waals surface area contributed by atoms with Crippen LogP contribution in [-0.4, -0.2) is 21.8 Å². The fraction of sp³-hybridized carbons (Fsp3) is 0.138. The third-order valence-corrected chi connectivity index (χ3v) is 7.33. The Morgan fingerprint density at radius 1 is 0.848 bits per heavy atom. The Morgan fingerprint density at radius 3 is 2.39 bits per heavy atom. The molecule has 5 rings (SSSR count). The predicted octanol–water partition coefficient (Wildman–Crippen LogP) is 7.72. The number of fused-ring (bicyclic) bond motifs is 2. The summed E-state index contributed by atoms with van der Waals surface area (Å²) in [7, 11) is 0. The molecule has 0 fully saturated rings. The fourth-order valence-electron chi connectivity index (χ4n) is 4.57. The lowest BCUT2D eigenvalue weighted by Crippen LogP contribution is -2.01. The van der Waals surface area contributed by atoms with Crippen molar-refractivity contribution in [3.63, 3.8) is 0 Å². The van der Waals surface area contributed by atoms with Crippen LogP contribution < -0.4 is 0 Å². The van der Waals surface area contributed by atoms with Gasteiger partial charge in [0.05, 0.1) is 5.52 Å². The van der Waals surface area contributed by atoms with Gasteiger partial charge in [-0.05, 0) is 59.0 Å². The van der Waals surface area contributed by atoms with Gasteiger partial charge in [0, 0.05) is 15.8 Å². The zero-order valence-corrected chi connectivity index (χ0v) is 19.3. The monoisotopic (exact) mass is 451 g/mol. The van der Waals surface area contributed by atoms with E-state index in [2.05, 4.69) is 72.6 Å². The first-order chi connectivity index (χ1) is 16.1. The molecule has 33 heavy (non-hydrogen) atoms. The summed E-state index contributed by atoms with van der Waals surface area (Å²) in [5, 5.41) is 13.4. The second-order valence-corrected chi connectivity index (χ2v) is 9.39. The maximum absolute atomic E-state index is 12.1. The molecular formula is C29H25NO2S. The standard InChI is InChI=1S/C29H25NO2S/c1-19-9-2-4-12-21(19)23-14-7-15-24-25(28(29(31)32)30-27(23)24)16-8-18-33-26-17-6-11-20-10-3-5-13-22(20)26/h2-7,9-15,17,30H,8,16,18H2,1H3,(H,31,32). The summed E-state index contributed by atoms with van der Waals surface area (Å²) in [6.07, 6.45) is 1.62. The number of para-hydroxylation sites is 1. The van der Waals surface area contributed by atoms with Crippen molar-refractivity contribution in [1.82, 2.24) is 4.98 Å². The number of carboxylic acid groups (broad SMARTS) is 1. The highest BCUT2D eigenvalue weighted by molar-refractivity contribution is 7.99. The van der Waals surface area contributed by atoms with Crippen molar-refractivity contribution in [1.29, 1.82) is 0 Å². The van der Waals surface area contributed by atoms with Crippen molar-refractivity contribution in [2.24, 2.45) is 0 Å². The Labute approximate surface area is 197 Å². The smallest absolute Gasteiger partial charge is 0.352 e. The molecule has 0 unspecified atom stereocenters. The number of rotatable bonds is 7. The molecule has 0 spiro atoms. The van der Waals surface area contributed by atoms with Gasteiger partial charge >= 0.3 is 5.97 Å². The van der Waals surface area contributed by atoms with Gasteiger partial charge in [-0.2, -0.15) is 0 Å². The molecule has 0 atom stereocenters.